The standard InChI is InChI=1S/C23H40N6O.HI/c1-4-26-12-14-27(15-13-26)11-6-5-10-25-23(24-2)29-18-16-28(17-19-29)21-8-7-9-22(20-21)30-3;/h7-9,20H,4-6,10-19H2,1-3H3,(H,24,25);1H. The molecule has 0 aromatic heterocycles. The van der Waals surface area contributed by atoms with E-state index in [0.29, 0.717) is 0 Å². The Kier molecular flexibility index (Phi) is 11.7. The van der Waals surface area contributed by atoms with Crippen LogP contribution >= 0.6 is 24.0 Å². The molecule has 0 spiro atoms. The highest BCUT2D eigenvalue weighted by atomic mass is 127. The summed E-state index contributed by atoms with van der Waals surface area (Å²) in [6.07, 6.45) is 2.44. The number of unbranched alkanes of at least 4 members (excludes halogenated alkanes) is 1. The number of halogens is 1. The lowest BCUT2D eigenvalue weighted by atomic mass is 10.2. The lowest BCUT2D eigenvalue weighted by Gasteiger charge is -2.37. The van der Waals surface area contributed by atoms with Crippen LogP contribution in [0.15, 0.2) is 29.3 Å². The van der Waals surface area contributed by atoms with Crippen LogP contribution in [0.3, 0.4) is 0 Å². The number of piperazine rings is 2. The molecule has 0 amide bonds. The van der Waals surface area contributed by atoms with Gasteiger partial charge in [-0.1, -0.05) is 13.0 Å². The predicted octanol–water partition coefficient (Wildman–Crippen LogP) is 2.43. The zero-order chi connectivity index (χ0) is 21.2. The molecule has 1 aromatic carbocycles. The number of benzene rings is 1. The first-order valence-electron chi connectivity index (χ1n) is 11.5. The fourth-order valence-electron chi connectivity index (χ4n) is 4.31. The van der Waals surface area contributed by atoms with E-state index in [1.807, 2.05) is 13.1 Å². The van der Waals surface area contributed by atoms with E-state index in [1.54, 1.807) is 7.11 Å². The largest absolute Gasteiger partial charge is 0.497 e. The van der Waals surface area contributed by atoms with Crippen molar-refractivity contribution < 1.29 is 4.74 Å². The minimum Gasteiger partial charge on any atom is -0.497 e. The first-order valence-corrected chi connectivity index (χ1v) is 11.5. The van der Waals surface area contributed by atoms with E-state index < -0.39 is 0 Å². The van der Waals surface area contributed by atoms with Gasteiger partial charge in [-0.25, -0.2) is 0 Å². The zero-order valence-corrected chi connectivity index (χ0v) is 21.9. The van der Waals surface area contributed by atoms with Crippen molar-refractivity contribution in [1.82, 2.24) is 20.0 Å². The molecule has 2 aliphatic heterocycles. The predicted molar refractivity (Wildman–Crippen MR) is 141 cm³/mol. The first kappa shape index (κ1) is 26.0. The fourth-order valence-corrected chi connectivity index (χ4v) is 4.31. The topological polar surface area (TPSA) is 46.6 Å². The number of methoxy groups -OCH3 is 1. The molecular weight excluding hydrogens is 503 g/mol. The molecule has 0 saturated carbocycles. The molecule has 1 aromatic rings. The van der Waals surface area contributed by atoms with Gasteiger partial charge in [0.2, 0.25) is 0 Å². The Hall–Kier alpha value is -1.26. The number of anilines is 1. The molecule has 0 aliphatic carbocycles. The van der Waals surface area contributed by atoms with Crippen LogP contribution in [0, 0.1) is 0 Å². The molecule has 0 unspecified atom stereocenters. The highest BCUT2D eigenvalue weighted by Crippen LogP contribution is 2.22. The number of ether oxygens (including phenoxy) is 1. The van der Waals surface area contributed by atoms with Crippen molar-refractivity contribution in [2.75, 3.05) is 91.0 Å². The van der Waals surface area contributed by atoms with Crippen LogP contribution in [-0.2, 0) is 0 Å². The fraction of sp³-hybridized carbons (Fsp3) is 0.696. The van der Waals surface area contributed by atoms with Gasteiger partial charge in [-0.05, 0) is 38.1 Å². The summed E-state index contributed by atoms with van der Waals surface area (Å²) in [5.74, 6) is 1.96. The van der Waals surface area contributed by atoms with Gasteiger partial charge in [0.25, 0.3) is 0 Å². The van der Waals surface area contributed by atoms with Crippen molar-refractivity contribution in [3.05, 3.63) is 24.3 Å². The summed E-state index contributed by atoms with van der Waals surface area (Å²) in [6, 6.07) is 8.33. The van der Waals surface area contributed by atoms with Gasteiger partial charge in [0.15, 0.2) is 5.96 Å². The second kappa shape index (κ2) is 14.0. The smallest absolute Gasteiger partial charge is 0.193 e. The average Bonchev–Trinajstić information content (AvgIpc) is 2.82. The van der Waals surface area contributed by atoms with E-state index >= 15 is 0 Å². The number of hydrogen-bond acceptors (Lipinski definition) is 5. The normalized spacial score (nSPS) is 18.6. The molecule has 8 heteroatoms. The zero-order valence-electron chi connectivity index (χ0n) is 19.6. The van der Waals surface area contributed by atoms with Gasteiger partial charge in [0, 0.05) is 77.7 Å². The summed E-state index contributed by atoms with van der Waals surface area (Å²) in [4.78, 5) is 14.5. The van der Waals surface area contributed by atoms with Crippen molar-refractivity contribution in [1.29, 1.82) is 0 Å². The van der Waals surface area contributed by atoms with Crippen molar-refractivity contribution in [3.8, 4) is 5.75 Å². The first-order chi connectivity index (χ1) is 14.7. The summed E-state index contributed by atoms with van der Waals surface area (Å²) in [6.45, 7) is 14.5. The Bertz CT molecular complexity index is 657. The number of nitrogens with one attached hydrogen (secondary N) is 1. The molecular formula is C23H41IN6O. The van der Waals surface area contributed by atoms with E-state index in [2.05, 4.69) is 55.0 Å². The van der Waals surface area contributed by atoms with Gasteiger partial charge < -0.3 is 29.7 Å². The van der Waals surface area contributed by atoms with Crippen LogP contribution < -0.4 is 15.0 Å². The van der Waals surface area contributed by atoms with Crippen LogP contribution in [0.4, 0.5) is 5.69 Å². The van der Waals surface area contributed by atoms with E-state index in [-0.39, 0.29) is 24.0 Å². The van der Waals surface area contributed by atoms with Crippen LogP contribution in [0.5, 0.6) is 5.75 Å². The Balaban J connectivity index is 0.00000341. The third-order valence-corrected chi connectivity index (χ3v) is 6.31. The summed E-state index contributed by atoms with van der Waals surface area (Å²) in [5, 5.41) is 3.58. The number of guanidine groups is 1. The third-order valence-electron chi connectivity index (χ3n) is 6.31. The van der Waals surface area contributed by atoms with Gasteiger partial charge in [-0.15, -0.1) is 24.0 Å². The maximum Gasteiger partial charge on any atom is 0.193 e. The van der Waals surface area contributed by atoms with Gasteiger partial charge in [0.05, 0.1) is 7.11 Å². The molecule has 0 radical (unpaired) electrons. The molecule has 31 heavy (non-hydrogen) atoms. The molecule has 2 saturated heterocycles. The minimum absolute atomic E-state index is 0. The monoisotopic (exact) mass is 544 g/mol. The molecule has 2 fully saturated rings. The molecule has 0 atom stereocenters. The highest BCUT2D eigenvalue weighted by Gasteiger charge is 2.20. The summed E-state index contributed by atoms with van der Waals surface area (Å²) in [5.41, 5.74) is 1.23. The number of likely N-dealkylation sites (N-methyl/N-ethyl adjacent to an activating group) is 1. The second-order valence-electron chi connectivity index (χ2n) is 8.13. The van der Waals surface area contributed by atoms with Crippen LogP contribution in [0.2, 0.25) is 0 Å². The maximum absolute atomic E-state index is 5.36. The number of rotatable bonds is 8. The quantitative estimate of drug-likeness (QED) is 0.235. The maximum atomic E-state index is 5.36. The Morgan fingerprint density at radius 3 is 2.35 bits per heavy atom. The summed E-state index contributed by atoms with van der Waals surface area (Å²) < 4.78 is 5.36. The van der Waals surface area contributed by atoms with E-state index in [0.717, 1.165) is 44.4 Å². The molecule has 1 N–H and O–H groups in total. The Morgan fingerprint density at radius 2 is 1.71 bits per heavy atom. The van der Waals surface area contributed by atoms with Crippen molar-refractivity contribution in [2.45, 2.75) is 19.8 Å². The van der Waals surface area contributed by atoms with Crippen LogP contribution in [0.25, 0.3) is 0 Å². The van der Waals surface area contributed by atoms with Crippen molar-refractivity contribution >= 4 is 35.6 Å². The summed E-state index contributed by atoms with van der Waals surface area (Å²) in [7, 11) is 3.61. The molecule has 2 aliphatic rings. The van der Waals surface area contributed by atoms with E-state index in [1.165, 1.54) is 57.8 Å². The molecule has 176 valence electrons. The minimum atomic E-state index is 0. The Labute approximate surface area is 205 Å². The van der Waals surface area contributed by atoms with Gasteiger partial charge in [-0.2, -0.15) is 0 Å². The number of aliphatic imine (C=N–C) groups is 1. The number of hydrogen-bond donors (Lipinski definition) is 1. The lowest BCUT2D eigenvalue weighted by molar-refractivity contribution is 0.136. The number of nitrogens with zero attached hydrogens (tertiary/aromatic N) is 5. The van der Waals surface area contributed by atoms with Gasteiger partial charge >= 0.3 is 0 Å². The van der Waals surface area contributed by atoms with Crippen LogP contribution in [-0.4, -0.2) is 107 Å². The van der Waals surface area contributed by atoms with Crippen LogP contribution in [0.1, 0.15) is 19.8 Å². The van der Waals surface area contributed by atoms with Gasteiger partial charge in [-0.3, -0.25) is 4.99 Å². The SMILES string of the molecule is CCN1CCN(CCCCNC(=NC)N2CCN(c3cccc(OC)c3)CC2)CC1.I. The van der Waals surface area contributed by atoms with E-state index in [4.69, 9.17) is 4.74 Å². The molecule has 0 bridgehead atoms. The highest BCUT2D eigenvalue weighted by molar-refractivity contribution is 14.0. The molecule has 2 heterocycles. The van der Waals surface area contributed by atoms with Crippen molar-refractivity contribution in [2.24, 2.45) is 4.99 Å². The lowest BCUT2D eigenvalue weighted by Crippen LogP contribution is -2.52. The summed E-state index contributed by atoms with van der Waals surface area (Å²) >= 11 is 0. The molecule has 7 nitrogen and oxygen atoms in total. The Morgan fingerprint density at radius 1 is 1.00 bits per heavy atom. The average molecular weight is 545 g/mol. The third kappa shape index (κ3) is 7.98. The molecule has 3 rings (SSSR count). The second-order valence-corrected chi connectivity index (χ2v) is 8.13. The van der Waals surface area contributed by atoms with Crippen molar-refractivity contribution in [3.63, 3.8) is 0 Å². The van der Waals surface area contributed by atoms with E-state index in [9.17, 15) is 0 Å². The van der Waals surface area contributed by atoms with Gasteiger partial charge in [0.1, 0.15) is 5.75 Å².